The van der Waals surface area contributed by atoms with E-state index in [0.717, 1.165) is 12.1 Å². The summed E-state index contributed by atoms with van der Waals surface area (Å²) in [7, 11) is 1.76. The first kappa shape index (κ1) is 16.3. The third-order valence-electron chi connectivity index (χ3n) is 2.92. The molecule has 20 heavy (non-hydrogen) atoms. The minimum absolute atomic E-state index is 0.0775. The van der Waals surface area contributed by atoms with Crippen LogP contribution in [0.15, 0.2) is 18.2 Å². The van der Waals surface area contributed by atoms with Gasteiger partial charge in [-0.15, -0.1) is 0 Å². The lowest BCUT2D eigenvalue weighted by Crippen LogP contribution is -2.34. The van der Waals surface area contributed by atoms with Crippen LogP contribution in [0, 0.1) is 0 Å². The van der Waals surface area contributed by atoms with Crippen molar-refractivity contribution in [2.24, 2.45) is 0 Å². The fourth-order valence-electron chi connectivity index (χ4n) is 1.49. The number of carbonyl (C=O) groups is 1. The van der Waals surface area contributed by atoms with Gasteiger partial charge in [0.2, 0.25) is 5.91 Å². The number of benzene rings is 1. The van der Waals surface area contributed by atoms with Crippen LogP contribution in [-0.2, 0) is 11.0 Å². The quantitative estimate of drug-likeness (QED) is 0.838. The van der Waals surface area contributed by atoms with Gasteiger partial charge < -0.3 is 11.1 Å². The summed E-state index contributed by atoms with van der Waals surface area (Å²) >= 11 is 0. The van der Waals surface area contributed by atoms with E-state index in [1.807, 2.05) is 13.8 Å². The van der Waals surface area contributed by atoms with Crippen LogP contribution in [0.5, 0.6) is 0 Å². The van der Waals surface area contributed by atoms with E-state index in [1.54, 1.807) is 11.9 Å². The van der Waals surface area contributed by atoms with E-state index in [0.29, 0.717) is 0 Å². The molecule has 7 heteroatoms. The maximum atomic E-state index is 12.7. The maximum Gasteiger partial charge on any atom is 0.418 e. The molecule has 0 heterocycles. The van der Waals surface area contributed by atoms with Gasteiger partial charge in [0.25, 0.3) is 0 Å². The number of halogens is 3. The average Bonchev–Trinajstić information content (AvgIpc) is 2.29. The summed E-state index contributed by atoms with van der Waals surface area (Å²) in [5.74, 6) is -0.376. The van der Waals surface area contributed by atoms with Crippen molar-refractivity contribution in [3.8, 4) is 0 Å². The minimum atomic E-state index is -4.54. The van der Waals surface area contributed by atoms with E-state index in [4.69, 9.17) is 5.73 Å². The molecule has 0 aliphatic rings. The smallest absolute Gasteiger partial charge is 0.398 e. The molecule has 0 aliphatic carbocycles. The highest BCUT2D eigenvalue weighted by Crippen LogP contribution is 2.35. The second-order valence-electron chi connectivity index (χ2n) is 4.86. The number of hydrogen-bond acceptors (Lipinski definition) is 3. The molecule has 1 aromatic carbocycles. The van der Waals surface area contributed by atoms with E-state index in [2.05, 4.69) is 5.32 Å². The minimum Gasteiger partial charge on any atom is -0.398 e. The molecule has 0 fully saturated rings. The third kappa shape index (κ3) is 4.41. The van der Waals surface area contributed by atoms with E-state index >= 15 is 0 Å². The summed E-state index contributed by atoms with van der Waals surface area (Å²) in [4.78, 5) is 13.5. The summed E-state index contributed by atoms with van der Waals surface area (Å²) in [5.41, 5.74) is 4.05. The van der Waals surface area contributed by atoms with Gasteiger partial charge in [-0.1, -0.05) is 0 Å². The highest BCUT2D eigenvalue weighted by Gasteiger charge is 2.33. The number of alkyl halides is 3. The number of nitrogens with two attached hydrogens (primary N) is 1. The molecule has 0 aromatic heterocycles. The van der Waals surface area contributed by atoms with Crippen LogP contribution in [0.25, 0.3) is 0 Å². The van der Waals surface area contributed by atoms with Gasteiger partial charge in [-0.3, -0.25) is 9.69 Å². The second-order valence-corrected chi connectivity index (χ2v) is 4.86. The Balaban J connectivity index is 2.81. The zero-order chi connectivity index (χ0) is 15.5. The number of rotatable bonds is 4. The van der Waals surface area contributed by atoms with Gasteiger partial charge in [0.15, 0.2) is 0 Å². The predicted octanol–water partition coefficient (Wildman–Crippen LogP) is 2.57. The van der Waals surface area contributed by atoms with Crippen LogP contribution in [0.2, 0.25) is 0 Å². The zero-order valence-electron chi connectivity index (χ0n) is 11.6. The van der Waals surface area contributed by atoms with Crippen LogP contribution in [0.3, 0.4) is 0 Å². The number of nitrogen functional groups attached to an aromatic ring is 1. The summed E-state index contributed by atoms with van der Waals surface area (Å²) in [5, 5.41) is 2.43. The SMILES string of the molecule is CC(C)N(C)CC(=O)Nc1ccc(N)c(C(F)(F)F)c1. The lowest BCUT2D eigenvalue weighted by molar-refractivity contribution is -0.136. The van der Waals surface area contributed by atoms with Gasteiger partial charge in [-0.05, 0) is 39.1 Å². The zero-order valence-corrected chi connectivity index (χ0v) is 11.6. The van der Waals surface area contributed by atoms with Gasteiger partial charge in [0, 0.05) is 17.4 Å². The van der Waals surface area contributed by atoms with E-state index in [9.17, 15) is 18.0 Å². The maximum absolute atomic E-state index is 12.7. The Morgan fingerprint density at radius 2 is 2.00 bits per heavy atom. The Morgan fingerprint density at radius 3 is 2.50 bits per heavy atom. The van der Waals surface area contributed by atoms with Crippen molar-refractivity contribution in [3.05, 3.63) is 23.8 Å². The molecule has 0 bridgehead atoms. The van der Waals surface area contributed by atoms with Crippen molar-refractivity contribution in [3.63, 3.8) is 0 Å². The molecule has 0 saturated carbocycles. The van der Waals surface area contributed by atoms with Gasteiger partial charge in [0.05, 0.1) is 12.1 Å². The lowest BCUT2D eigenvalue weighted by Gasteiger charge is -2.20. The second kappa shape index (κ2) is 6.13. The molecule has 0 spiro atoms. The van der Waals surface area contributed by atoms with Crippen LogP contribution in [0.4, 0.5) is 24.5 Å². The van der Waals surface area contributed by atoms with Crippen LogP contribution in [0.1, 0.15) is 19.4 Å². The first-order chi connectivity index (χ1) is 9.11. The number of hydrogen-bond donors (Lipinski definition) is 2. The van der Waals surface area contributed by atoms with Crippen LogP contribution < -0.4 is 11.1 Å². The average molecular weight is 289 g/mol. The van der Waals surface area contributed by atoms with Crippen molar-refractivity contribution in [1.29, 1.82) is 0 Å². The molecule has 0 unspecified atom stereocenters. The van der Waals surface area contributed by atoms with Crippen molar-refractivity contribution in [2.45, 2.75) is 26.1 Å². The van der Waals surface area contributed by atoms with Crippen LogP contribution in [-0.4, -0.2) is 30.4 Å². The summed E-state index contributed by atoms with van der Waals surface area (Å²) in [6, 6.07) is 3.48. The normalized spacial score (nSPS) is 12.0. The highest BCUT2D eigenvalue weighted by atomic mass is 19.4. The van der Waals surface area contributed by atoms with Crippen molar-refractivity contribution in [2.75, 3.05) is 24.6 Å². The third-order valence-corrected chi connectivity index (χ3v) is 2.92. The van der Waals surface area contributed by atoms with Gasteiger partial charge in [-0.25, -0.2) is 0 Å². The lowest BCUT2D eigenvalue weighted by atomic mass is 10.1. The summed E-state index contributed by atoms with van der Waals surface area (Å²) < 4.78 is 38.0. The summed E-state index contributed by atoms with van der Waals surface area (Å²) in [6.45, 7) is 3.93. The number of amides is 1. The predicted molar refractivity (Wildman–Crippen MR) is 72.3 cm³/mol. The molecule has 4 nitrogen and oxygen atoms in total. The van der Waals surface area contributed by atoms with Crippen molar-refractivity contribution < 1.29 is 18.0 Å². The largest absolute Gasteiger partial charge is 0.418 e. The monoisotopic (exact) mass is 289 g/mol. The van der Waals surface area contributed by atoms with Gasteiger partial charge in [0.1, 0.15) is 0 Å². The molecule has 1 rings (SSSR count). The number of anilines is 2. The Bertz CT molecular complexity index is 486. The summed E-state index contributed by atoms with van der Waals surface area (Å²) in [6.07, 6.45) is -4.54. The Hall–Kier alpha value is -1.76. The Morgan fingerprint density at radius 1 is 1.40 bits per heavy atom. The molecular weight excluding hydrogens is 271 g/mol. The molecule has 3 N–H and O–H groups in total. The molecule has 112 valence electrons. The standard InChI is InChI=1S/C13H18F3N3O/c1-8(2)19(3)7-12(20)18-9-4-5-11(17)10(6-9)13(14,15)16/h4-6,8H,7,17H2,1-3H3,(H,18,20). The number of nitrogens with zero attached hydrogens (tertiary/aromatic N) is 1. The molecular formula is C13H18F3N3O. The molecule has 0 atom stereocenters. The topological polar surface area (TPSA) is 58.4 Å². The number of likely N-dealkylation sites (N-methyl/N-ethyl adjacent to an activating group) is 1. The number of nitrogens with one attached hydrogen (secondary N) is 1. The fourth-order valence-corrected chi connectivity index (χ4v) is 1.49. The molecule has 0 aliphatic heterocycles. The first-order valence-corrected chi connectivity index (χ1v) is 6.08. The van der Waals surface area contributed by atoms with E-state index < -0.39 is 11.7 Å². The van der Waals surface area contributed by atoms with Crippen molar-refractivity contribution >= 4 is 17.3 Å². The Kier molecular flexibility index (Phi) is 4.99. The fraction of sp³-hybridized carbons (Fsp3) is 0.462. The van der Waals surface area contributed by atoms with Gasteiger partial charge >= 0.3 is 6.18 Å². The molecule has 0 radical (unpaired) electrons. The molecule has 1 aromatic rings. The van der Waals surface area contributed by atoms with Gasteiger partial charge in [-0.2, -0.15) is 13.2 Å². The molecule has 1 amide bonds. The highest BCUT2D eigenvalue weighted by molar-refractivity contribution is 5.92. The van der Waals surface area contributed by atoms with E-state index in [1.165, 1.54) is 6.07 Å². The Labute approximate surface area is 115 Å². The first-order valence-electron chi connectivity index (χ1n) is 6.08. The van der Waals surface area contributed by atoms with Crippen molar-refractivity contribution in [1.82, 2.24) is 4.90 Å². The number of carbonyl (C=O) groups excluding carboxylic acids is 1. The van der Waals surface area contributed by atoms with Crippen LogP contribution >= 0.6 is 0 Å². The molecule has 0 saturated heterocycles. The van der Waals surface area contributed by atoms with E-state index in [-0.39, 0.29) is 29.9 Å².